The van der Waals surface area contributed by atoms with Crippen LogP contribution in [0.3, 0.4) is 0 Å². The minimum Gasteiger partial charge on any atom is -0.0619 e. The van der Waals surface area contributed by atoms with Crippen LogP contribution in [0.1, 0.15) is 74.9 Å². The highest BCUT2D eigenvalue weighted by Crippen LogP contribution is 2.63. The molecular weight excluding hydrogens is 396 g/mol. The second kappa shape index (κ2) is 6.48. The molecule has 33 heavy (non-hydrogen) atoms. The summed E-state index contributed by atoms with van der Waals surface area (Å²) in [5, 5.41) is 0. The molecule has 4 aromatic rings. The first-order chi connectivity index (χ1) is 15.6. The average molecular weight is 429 g/mol. The van der Waals surface area contributed by atoms with E-state index in [2.05, 4.69) is 126 Å². The van der Waals surface area contributed by atoms with Gasteiger partial charge in [0.05, 0.1) is 5.41 Å². The van der Waals surface area contributed by atoms with Crippen LogP contribution in [-0.4, -0.2) is 0 Å². The van der Waals surface area contributed by atoms with E-state index >= 15 is 0 Å². The van der Waals surface area contributed by atoms with E-state index in [0.717, 1.165) is 0 Å². The standard InChI is InChI=1S/C33H32/c1-31(2,3)21-16-18-29-26(19-21)24-12-8-10-14-28(24)33(29)27-13-9-7-11-23(27)25-17-15-22(20-30(25)33)32(4,5)6/h7-20H,1-6H3. The van der Waals surface area contributed by atoms with E-state index in [1.807, 2.05) is 0 Å². The van der Waals surface area contributed by atoms with E-state index in [1.165, 1.54) is 55.6 Å². The van der Waals surface area contributed by atoms with Crippen LogP contribution in [0.4, 0.5) is 0 Å². The lowest BCUT2D eigenvalue weighted by atomic mass is 9.69. The zero-order valence-corrected chi connectivity index (χ0v) is 20.6. The van der Waals surface area contributed by atoms with Crippen LogP contribution in [0.2, 0.25) is 0 Å². The van der Waals surface area contributed by atoms with Gasteiger partial charge >= 0.3 is 0 Å². The van der Waals surface area contributed by atoms with E-state index in [-0.39, 0.29) is 16.2 Å². The van der Waals surface area contributed by atoms with Gasteiger partial charge in [0.25, 0.3) is 0 Å². The molecular formula is C33H32. The molecule has 0 saturated heterocycles. The van der Waals surface area contributed by atoms with Crippen molar-refractivity contribution in [3.05, 3.63) is 118 Å². The Morgan fingerprint density at radius 2 is 0.879 bits per heavy atom. The van der Waals surface area contributed by atoms with Crippen LogP contribution in [-0.2, 0) is 16.2 Å². The molecule has 0 radical (unpaired) electrons. The average Bonchev–Trinajstić information content (AvgIpc) is 3.24. The lowest BCUT2D eigenvalue weighted by Gasteiger charge is -2.32. The van der Waals surface area contributed by atoms with Crippen molar-refractivity contribution >= 4 is 0 Å². The predicted molar refractivity (Wildman–Crippen MR) is 140 cm³/mol. The molecule has 164 valence electrons. The van der Waals surface area contributed by atoms with Crippen LogP contribution >= 0.6 is 0 Å². The second-order valence-corrected chi connectivity index (χ2v) is 11.9. The summed E-state index contributed by atoms with van der Waals surface area (Å²) < 4.78 is 0. The normalized spacial score (nSPS) is 18.1. The molecule has 2 aliphatic rings. The molecule has 0 heterocycles. The molecule has 0 nitrogen and oxygen atoms in total. The zero-order chi connectivity index (χ0) is 23.2. The van der Waals surface area contributed by atoms with Gasteiger partial charge in [0, 0.05) is 0 Å². The molecule has 1 unspecified atom stereocenters. The minimum absolute atomic E-state index is 0.0992. The van der Waals surface area contributed by atoms with Gasteiger partial charge in [-0.1, -0.05) is 126 Å². The van der Waals surface area contributed by atoms with Gasteiger partial charge in [0.1, 0.15) is 0 Å². The molecule has 0 aromatic heterocycles. The fourth-order valence-electron chi connectivity index (χ4n) is 6.08. The van der Waals surface area contributed by atoms with E-state index in [4.69, 9.17) is 0 Å². The smallest absolute Gasteiger partial charge is 0.0619 e. The number of hydrogen-bond donors (Lipinski definition) is 0. The molecule has 0 fully saturated rings. The van der Waals surface area contributed by atoms with Gasteiger partial charge < -0.3 is 0 Å². The summed E-state index contributed by atoms with van der Waals surface area (Å²) in [4.78, 5) is 0. The van der Waals surface area contributed by atoms with Crippen LogP contribution in [0.25, 0.3) is 22.3 Å². The maximum atomic E-state index is 2.50. The molecule has 1 atom stereocenters. The third kappa shape index (κ3) is 2.64. The van der Waals surface area contributed by atoms with Crippen LogP contribution in [0, 0.1) is 0 Å². The Morgan fingerprint density at radius 3 is 1.48 bits per heavy atom. The Balaban J connectivity index is 1.78. The molecule has 0 N–H and O–H groups in total. The molecule has 0 aliphatic heterocycles. The van der Waals surface area contributed by atoms with Gasteiger partial charge in [-0.25, -0.2) is 0 Å². The highest BCUT2D eigenvalue weighted by atomic mass is 14.5. The van der Waals surface area contributed by atoms with Crippen LogP contribution in [0.5, 0.6) is 0 Å². The van der Waals surface area contributed by atoms with Gasteiger partial charge in [-0.2, -0.15) is 0 Å². The monoisotopic (exact) mass is 428 g/mol. The lowest BCUT2D eigenvalue weighted by molar-refractivity contribution is 0.587. The van der Waals surface area contributed by atoms with E-state index in [9.17, 15) is 0 Å². The Morgan fingerprint density at radius 1 is 0.424 bits per heavy atom. The third-order valence-corrected chi connectivity index (χ3v) is 7.82. The zero-order valence-electron chi connectivity index (χ0n) is 20.6. The van der Waals surface area contributed by atoms with Gasteiger partial charge in [-0.3, -0.25) is 0 Å². The van der Waals surface area contributed by atoms with E-state index < -0.39 is 0 Å². The maximum absolute atomic E-state index is 2.50. The Bertz CT molecular complexity index is 1420. The van der Waals surface area contributed by atoms with Crippen molar-refractivity contribution in [2.75, 3.05) is 0 Å². The largest absolute Gasteiger partial charge is 0.0725 e. The van der Waals surface area contributed by atoms with E-state index in [0.29, 0.717) is 0 Å². The molecule has 0 bridgehead atoms. The van der Waals surface area contributed by atoms with Gasteiger partial charge in [0.15, 0.2) is 0 Å². The first kappa shape index (κ1) is 20.5. The van der Waals surface area contributed by atoms with Crippen molar-refractivity contribution in [1.82, 2.24) is 0 Å². The number of fused-ring (bicyclic) bond motifs is 10. The third-order valence-electron chi connectivity index (χ3n) is 7.82. The van der Waals surface area contributed by atoms with Crippen LogP contribution < -0.4 is 0 Å². The summed E-state index contributed by atoms with van der Waals surface area (Å²) in [5.74, 6) is 0. The fourth-order valence-corrected chi connectivity index (χ4v) is 6.08. The summed E-state index contributed by atoms with van der Waals surface area (Å²) in [6, 6.07) is 32.6. The molecule has 0 heteroatoms. The van der Waals surface area contributed by atoms with Crippen molar-refractivity contribution in [3.63, 3.8) is 0 Å². The summed E-state index contributed by atoms with van der Waals surface area (Å²) >= 11 is 0. The minimum atomic E-state index is -0.254. The van der Waals surface area contributed by atoms with Crippen molar-refractivity contribution in [1.29, 1.82) is 0 Å². The van der Waals surface area contributed by atoms with E-state index in [1.54, 1.807) is 0 Å². The summed E-state index contributed by atoms with van der Waals surface area (Å²) in [6.45, 7) is 13.9. The first-order valence-corrected chi connectivity index (χ1v) is 12.1. The molecule has 6 rings (SSSR count). The van der Waals surface area contributed by atoms with Crippen molar-refractivity contribution in [3.8, 4) is 22.3 Å². The summed E-state index contributed by atoms with van der Waals surface area (Å²) in [5.41, 5.74) is 14.0. The molecule has 0 amide bonds. The number of benzene rings is 4. The predicted octanol–water partition coefficient (Wildman–Crippen LogP) is 8.63. The Labute approximate surface area is 198 Å². The topological polar surface area (TPSA) is 0 Å². The molecule has 4 aromatic carbocycles. The van der Waals surface area contributed by atoms with Gasteiger partial charge in [-0.15, -0.1) is 0 Å². The molecule has 2 aliphatic carbocycles. The quantitative estimate of drug-likeness (QED) is 0.227. The Hall–Kier alpha value is -3.12. The number of hydrogen-bond acceptors (Lipinski definition) is 0. The van der Waals surface area contributed by atoms with Gasteiger partial charge in [-0.05, 0) is 66.5 Å². The number of rotatable bonds is 0. The first-order valence-electron chi connectivity index (χ1n) is 12.1. The van der Waals surface area contributed by atoms with Crippen molar-refractivity contribution in [2.45, 2.75) is 57.8 Å². The maximum Gasteiger partial charge on any atom is 0.0725 e. The summed E-state index contributed by atoms with van der Waals surface area (Å²) in [7, 11) is 0. The van der Waals surface area contributed by atoms with Crippen molar-refractivity contribution < 1.29 is 0 Å². The lowest BCUT2D eigenvalue weighted by Crippen LogP contribution is -2.26. The molecule has 1 spiro atoms. The van der Waals surface area contributed by atoms with Crippen LogP contribution in [0.15, 0.2) is 84.9 Å². The summed E-state index contributed by atoms with van der Waals surface area (Å²) in [6.07, 6.45) is 0. The highest BCUT2D eigenvalue weighted by molar-refractivity contribution is 5.95. The molecule has 0 saturated carbocycles. The van der Waals surface area contributed by atoms with Gasteiger partial charge in [0.2, 0.25) is 0 Å². The highest BCUT2D eigenvalue weighted by Gasteiger charge is 2.51. The SMILES string of the molecule is CC(C)(C)c1ccc2c(c1)-c1ccccc1C21c2ccccc2-c2ccc(C(C)(C)C)cc21. The van der Waals surface area contributed by atoms with Crippen molar-refractivity contribution in [2.24, 2.45) is 0 Å². The Kier molecular flexibility index (Phi) is 4.02. The fraction of sp³-hybridized carbons (Fsp3) is 0.273. The second-order valence-electron chi connectivity index (χ2n) is 11.9.